The fourth-order valence-electron chi connectivity index (χ4n) is 4.36. The van der Waals surface area contributed by atoms with E-state index in [0.29, 0.717) is 0 Å². The number of likely N-dealkylation sites (tertiary alicyclic amines) is 1. The van der Waals surface area contributed by atoms with Crippen LogP contribution in [0.25, 0.3) is 0 Å². The van der Waals surface area contributed by atoms with Crippen LogP contribution < -0.4 is 10.1 Å². The average Bonchev–Trinajstić information content (AvgIpc) is 2.95. The van der Waals surface area contributed by atoms with Gasteiger partial charge in [0.05, 0.1) is 25.0 Å². The van der Waals surface area contributed by atoms with Gasteiger partial charge in [0, 0.05) is 13.0 Å². The van der Waals surface area contributed by atoms with Crippen molar-refractivity contribution in [1.82, 2.24) is 10.2 Å². The number of hydrogen-bond donors (Lipinski definition) is 1. The molecule has 6 nitrogen and oxygen atoms in total. The molecule has 3 atom stereocenters. The number of ether oxygens (including phenoxy) is 1. The Labute approximate surface area is 166 Å². The third kappa shape index (κ3) is 4.21. The van der Waals surface area contributed by atoms with Crippen LogP contribution in [-0.4, -0.2) is 36.3 Å². The van der Waals surface area contributed by atoms with Crippen LogP contribution in [0.1, 0.15) is 57.6 Å². The molecule has 2 aliphatic rings. The minimum Gasteiger partial charge on any atom is -0.497 e. The monoisotopic (exact) mass is 386 g/mol. The quantitative estimate of drug-likeness (QED) is 0.731. The zero-order chi connectivity index (χ0) is 20.3. The fourth-order valence-corrected chi connectivity index (χ4v) is 4.36. The van der Waals surface area contributed by atoms with Gasteiger partial charge in [-0.3, -0.25) is 19.3 Å². The first-order chi connectivity index (χ1) is 13.4. The summed E-state index contributed by atoms with van der Waals surface area (Å²) in [7, 11) is 1.62. The molecule has 3 amide bonds. The molecule has 0 bridgehead atoms. The molecule has 6 heteroatoms. The molecule has 0 unspecified atom stereocenters. The van der Waals surface area contributed by atoms with Gasteiger partial charge >= 0.3 is 0 Å². The topological polar surface area (TPSA) is 75.7 Å². The van der Waals surface area contributed by atoms with Crippen LogP contribution in [0.3, 0.4) is 0 Å². The molecule has 1 aromatic rings. The van der Waals surface area contributed by atoms with Crippen LogP contribution in [0, 0.1) is 17.8 Å². The van der Waals surface area contributed by atoms with Gasteiger partial charge in [-0.2, -0.15) is 0 Å². The van der Waals surface area contributed by atoms with Crippen LogP contribution in [0.15, 0.2) is 24.3 Å². The number of benzene rings is 1. The Morgan fingerprint density at radius 2 is 1.68 bits per heavy atom. The van der Waals surface area contributed by atoms with Gasteiger partial charge in [0.15, 0.2) is 0 Å². The highest BCUT2D eigenvalue weighted by atomic mass is 16.5. The molecule has 1 N–H and O–H groups in total. The highest BCUT2D eigenvalue weighted by molar-refractivity contribution is 6.05. The van der Waals surface area contributed by atoms with Gasteiger partial charge in [0.25, 0.3) is 0 Å². The Morgan fingerprint density at radius 3 is 2.18 bits per heavy atom. The lowest BCUT2D eigenvalue weighted by Crippen LogP contribution is -2.37. The lowest BCUT2D eigenvalue weighted by molar-refractivity contribution is -0.140. The van der Waals surface area contributed by atoms with Gasteiger partial charge in [0.1, 0.15) is 5.75 Å². The Bertz CT molecular complexity index is 705. The summed E-state index contributed by atoms with van der Waals surface area (Å²) in [5.41, 5.74) is 1.00. The van der Waals surface area contributed by atoms with Gasteiger partial charge < -0.3 is 10.1 Å². The van der Waals surface area contributed by atoms with Crippen molar-refractivity contribution in [2.75, 3.05) is 13.7 Å². The van der Waals surface area contributed by atoms with Crippen molar-refractivity contribution < 1.29 is 19.1 Å². The largest absolute Gasteiger partial charge is 0.497 e. The smallest absolute Gasteiger partial charge is 0.233 e. The molecule has 1 aromatic carbocycles. The molecule has 1 aliphatic carbocycles. The second-order valence-corrected chi connectivity index (χ2v) is 8.14. The van der Waals surface area contributed by atoms with Crippen LogP contribution in [0.2, 0.25) is 0 Å². The molecule has 152 valence electrons. The van der Waals surface area contributed by atoms with Crippen molar-refractivity contribution in [2.45, 2.75) is 52.0 Å². The van der Waals surface area contributed by atoms with Gasteiger partial charge in [-0.15, -0.1) is 0 Å². The van der Waals surface area contributed by atoms with Crippen LogP contribution in [-0.2, 0) is 14.4 Å². The van der Waals surface area contributed by atoms with Crippen molar-refractivity contribution in [3.63, 3.8) is 0 Å². The lowest BCUT2D eigenvalue weighted by Gasteiger charge is -2.24. The van der Waals surface area contributed by atoms with Crippen LogP contribution >= 0.6 is 0 Å². The molecule has 1 aliphatic heterocycles. The molecular weight excluding hydrogens is 356 g/mol. The van der Waals surface area contributed by atoms with Crippen molar-refractivity contribution in [1.29, 1.82) is 0 Å². The summed E-state index contributed by atoms with van der Waals surface area (Å²) >= 11 is 0. The van der Waals surface area contributed by atoms with Crippen molar-refractivity contribution in [3.8, 4) is 5.75 Å². The minimum absolute atomic E-state index is 0.0851. The van der Waals surface area contributed by atoms with E-state index >= 15 is 0 Å². The first-order valence-electron chi connectivity index (χ1n) is 10.2. The molecule has 2 fully saturated rings. The van der Waals surface area contributed by atoms with Crippen molar-refractivity contribution in [3.05, 3.63) is 29.8 Å². The fraction of sp³-hybridized carbons (Fsp3) is 0.591. The number of nitrogens with one attached hydrogen (secondary N) is 1. The summed E-state index contributed by atoms with van der Waals surface area (Å²) in [6.45, 7) is 4.27. The number of amides is 3. The normalized spacial score (nSPS) is 22.9. The summed E-state index contributed by atoms with van der Waals surface area (Å²) < 4.78 is 5.19. The Hall–Kier alpha value is -2.37. The van der Waals surface area contributed by atoms with E-state index in [1.54, 1.807) is 7.11 Å². The van der Waals surface area contributed by atoms with E-state index in [4.69, 9.17) is 4.74 Å². The average molecular weight is 386 g/mol. The second kappa shape index (κ2) is 8.76. The van der Waals surface area contributed by atoms with E-state index < -0.39 is 0 Å². The molecule has 1 saturated heterocycles. The van der Waals surface area contributed by atoms with Gasteiger partial charge in [-0.25, -0.2) is 0 Å². The Kier molecular flexibility index (Phi) is 6.37. The molecule has 0 spiro atoms. The number of rotatable bonds is 7. The molecule has 1 heterocycles. The molecule has 3 rings (SSSR count). The SMILES string of the molecule is COc1ccc([C@@H](NC(=O)CCN2C(=O)[C@H]3CCCC[C@@H]3C2=O)C(C)C)cc1. The predicted molar refractivity (Wildman–Crippen MR) is 106 cm³/mol. The zero-order valence-corrected chi connectivity index (χ0v) is 16.9. The molecule has 1 saturated carbocycles. The number of hydrogen-bond acceptors (Lipinski definition) is 4. The molecule has 0 radical (unpaired) electrons. The number of nitrogens with zero attached hydrogens (tertiary/aromatic N) is 1. The third-order valence-electron chi connectivity index (χ3n) is 5.95. The van der Waals surface area contributed by atoms with E-state index in [2.05, 4.69) is 5.32 Å². The molecule has 28 heavy (non-hydrogen) atoms. The minimum atomic E-state index is -0.160. The van der Waals surface area contributed by atoms with Gasteiger partial charge in [-0.05, 0) is 36.5 Å². The van der Waals surface area contributed by atoms with Crippen molar-refractivity contribution in [2.24, 2.45) is 17.8 Å². The third-order valence-corrected chi connectivity index (χ3v) is 5.95. The lowest BCUT2D eigenvalue weighted by atomic mass is 9.81. The molecular formula is C22H30N2O4. The number of carbonyl (C=O) groups is 3. The highest BCUT2D eigenvalue weighted by Crippen LogP contribution is 2.38. The number of imide groups is 1. The number of carbonyl (C=O) groups excluding carboxylic acids is 3. The predicted octanol–water partition coefficient (Wildman–Crippen LogP) is 3.07. The van der Waals surface area contributed by atoms with Crippen molar-refractivity contribution >= 4 is 17.7 Å². The number of methoxy groups -OCH3 is 1. The van der Waals surface area contributed by atoms with Gasteiger partial charge in [-0.1, -0.05) is 38.8 Å². The first kappa shape index (κ1) is 20.4. The van der Waals surface area contributed by atoms with Crippen LogP contribution in [0.4, 0.5) is 0 Å². The first-order valence-corrected chi connectivity index (χ1v) is 10.2. The van der Waals surface area contributed by atoms with E-state index in [1.807, 2.05) is 38.1 Å². The molecule has 0 aromatic heterocycles. The summed E-state index contributed by atoms with van der Waals surface area (Å²) in [5, 5.41) is 3.06. The summed E-state index contributed by atoms with van der Waals surface area (Å²) in [6.07, 6.45) is 3.74. The van der Waals surface area contributed by atoms with E-state index in [1.165, 1.54) is 4.90 Å². The van der Waals surface area contributed by atoms with Crippen LogP contribution in [0.5, 0.6) is 5.75 Å². The zero-order valence-electron chi connectivity index (χ0n) is 16.9. The van der Waals surface area contributed by atoms with Gasteiger partial charge in [0.2, 0.25) is 17.7 Å². The maximum absolute atomic E-state index is 12.6. The van der Waals surface area contributed by atoms with E-state index in [-0.39, 0.29) is 54.5 Å². The van der Waals surface area contributed by atoms with E-state index in [9.17, 15) is 14.4 Å². The Balaban J connectivity index is 1.59. The maximum Gasteiger partial charge on any atom is 0.233 e. The summed E-state index contributed by atoms with van der Waals surface area (Å²) in [4.78, 5) is 38.9. The standard InChI is InChI=1S/C22H30N2O4/c1-14(2)20(15-8-10-16(28-3)11-9-15)23-19(25)12-13-24-21(26)17-6-4-5-7-18(17)22(24)27/h8-11,14,17-18,20H,4-7,12-13H2,1-3H3,(H,23,25)/t17-,18-,20-/m0/s1. The summed E-state index contributed by atoms with van der Waals surface area (Å²) in [6, 6.07) is 7.51. The summed E-state index contributed by atoms with van der Waals surface area (Å²) in [5.74, 6) is 0.334. The highest BCUT2D eigenvalue weighted by Gasteiger charge is 2.47. The Morgan fingerprint density at radius 1 is 1.11 bits per heavy atom. The maximum atomic E-state index is 12.6. The second-order valence-electron chi connectivity index (χ2n) is 8.14. The van der Waals surface area contributed by atoms with E-state index in [0.717, 1.165) is 37.0 Å². The number of fused-ring (bicyclic) bond motifs is 1.